The van der Waals surface area contributed by atoms with E-state index in [4.69, 9.17) is 0 Å². The summed E-state index contributed by atoms with van der Waals surface area (Å²) >= 11 is 4.08. The fraction of sp³-hybridized carbons (Fsp3) is 0.333. The van der Waals surface area contributed by atoms with E-state index in [0.29, 0.717) is 0 Å². The summed E-state index contributed by atoms with van der Waals surface area (Å²) in [5, 5.41) is 3.17. The highest BCUT2D eigenvalue weighted by atomic mass is 32.1. The van der Waals surface area contributed by atoms with Gasteiger partial charge in [0.2, 0.25) is 0 Å². The quantitative estimate of drug-likeness (QED) is 0.475. The SMILES string of the molecule is C=C/C(=C\C=C/C)NCCS. The Morgan fingerprint density at radius 1 is 1.64 bits per heavy atom. The van der Waals surface area contributed by atoms with Gasteiger partial charge in [-0.1, -0.05) is 18.7 Å². The third-order valence-corrected chi connectivity index (χ3v) is 1.35. The second-order valence-electron chi connectivity index (χ2n) is 2.00. The predicted octanol–water partition coefficient (Wildman–Crippen LogP) is 2.15. The van der Waals surface area contributed by atoms with Crippen molar-refractivity contribution >= 4 is 12.6 Å². The zero-order chi connectivity index (χ0) is 8.53. The molecule has 0 fully saturated rings. The highest BCUT2D eigenvalue weighted by Crippen LogP contribution is 1.90. The maximum atomic E-state index is 4.08. The first-order chi connectivity index (χ1) is 5.35. The van der Waals surface area contributed by atoms with Gasteiger partial charge in [-0.05, 0) is 19.1 Å². The van der Waals surface area contributed by atoms with Gasteiger partial charge in [-0.3, -0.25) is 0 Å². The third-order valence-electron chi connectivity index (χ3n) is 1.13. The molecular weight excluding hydrogens is 154 g/mol. The number of thiol groups is 1. The Morgan fingerprint density at radius 3 is 2.82 bits per heavy atom. The molecule has 0 atom stereocenters. The molecule has 0 bridgehead atoms. The monoisotopic (exact) mass is 169 g/mol. The summed E-state index contributed by atoms with van der Waals surface area (Å²) in [5.41, 5.74) is 1.04. The summed E-state index contributed by atoms with van der Waals surface area (Å²) in [6, 6.07) is 0. The topological polar surface area (TPSA) is 12.0 Å². The minimum absolute atomic E-state index is 0.834. The van der Waals surface area contributed by atoms with Crippen molar-refractivity contribution in [2.24, 2.45) is 0 Å². The van der Waals surface area contributed by atoms with E-state index in [1.54, 1.807) is 6.08 Å². The van der Waals surface area contributed by atoms with Crippen molar-refractivity contribution < 1.29 is 0 Å². The molecule has 11 heavy (non-hydrogen) atoms. The molecule has 1 nitrogen and oxygen atoms in total. The summed E-state index contributed by atoms with van der Waals surface area (Å²) < 4.78 is 0. The maximum Gasteiger partial charge on any atom is 0.0334 e. The molecule has 0 aromatic heterocycles. The summed E-state index contributed by atoms with van der Waals surface area (Å²) in [6.07, 6.45) is 7.73. The first-order valence-corrected chi connectivity index (χ1v) is 4.28. The molecule has 0 heterocycles. The van der Waals surface area contributed by atoms with Crippen molar-refractivity contribution in [2.45, 2.75) is 6.92 Å². The average molecular weight is 169 g/mol. The van der Waals surface area contributed by atoms with Crippen LogP contribution < -0.4 is 5.32 Å². The smallest absolute Gasteiger partial charge is 0.0334 e. The van der Waals surface area contributed by atoms with E-state index >= 15 is 0 Å². The van der Waals surface area contributed by atoms with Gasteiger partial charge in [0, 0.05) is 18.0 Å². The van der Waals surface area contributed by atoms with Crippen LogP contribution >= 0.6 is 12.6 Å². The Morgan fingerprint density at radius 2 is 2.36 bits per heavy atom. The van der Waals surface area contributed by atoms with E-state index < -0.39 is 0 Å². The second kappa shape index (κ2) is 7.48. The van der Waals surface area contributed by atoms with Crippen LogP contribution in [0.1, 0.15) is 6.92 Å². The number of nitrogens with one attached hydrogen (secondary N) is 1. The van der Waals surface area contributed by atoms with E-state index in [-0.39, 0.29) is 0 Å². The number of rotatable bonds is 5. The molecule has 62 valence electrons. The van der Waals surface area contributed by atoms with Gasteiger partial charge in [-0.15, -0.1) is 0 Å². The Hall–Kier alpha value is -0.630. The van der Waals surface area contributed by atoms with E-state index in [0.717, 1.165) is 18.0 Å². The molecule has 2 heteroatoms. The molecule has 0 spiro atoms. The highest BCUT2D eigenvalue weighted by Gasteiger charge is 1.84. The Kier molecular flexibility index (Phi) is 7.05. The lowest BCUT2D eigenvalue weighted by Gasteiger charge is -2.02. The van der Waals surface area contributed by atoms with Crippen LogP contribution in [0.4, 0.5) is 0 Å². The lowest BCUT2D eigenvalue weighted by molar-refractivity contribution is 0.890. The molecule has 0 unspecified atom stereocenters. The van der Waals surface area contributed by atoms with Crippen LogP contribution in [0, 0.1) is 0 Å². The van der Waals surface area contributed by atoms with Crippen LogP contribution in [0.25, 0.3) is 0 Å². The van der Waals surface area contributed by atoms with E-state index in [9.17, 15) is 0 Å². The molecule has 0 aliphatic rings. The van der Waals surface area contributed by atoms with Crippen molar-refractivity contribution in [3.8, 4) is 0 Å². The fourth-order valence-corrected chi connectivity index (χ4v) is 0.711. The van der Waals surface area contributed by atoms with Gasteiger partial charge in [-0.25, -0.2) is 0 Å². The van der Waals surface area contributed by atoms with Crippen LogP contribution in [0.15, 0.2) is 36.6 Å². The second-order valence-corrected chi connectivity index (χ2v) is 2.45. The maximum absolute atomic E-state index is 4.08. The zero-order valence-electron chi connectivity index (χ0n) is 6.88. The van der Waals surface area contributed by atoms with Crippen LogP contribution in [0.5, 0.6) is 0 Å². The molecular formula is C9H15NS. The van der Waals surface area contributed by atoms with Gasteiger partial charge in [-0.2, -0.15) is 12.6 Å². The molecule has 0 rings (SSSR count). The van der Waals surface area contributed by atoms with Gasteiger partial charge in [0.1, 0.15) is 0 Å². The van der Waals surface area contributed by atoms with E-state index in [1.165, 1.54) is 0 Å². The fourth-order valence-electron chi connectivity index (χ4n) is 0.599. The van der Waals surface area contributed by atoms with E-state index in [2.05, 4.69) is 24.5 Å². The van der Waals surface area contributed by atoms with Crippen molar-refractivity contribution in [3.63, 3.8) is 0 Å². The summed E-state index contributed by atoms with van der Waals surface area (Å²) in [4.78, 5) is 0. The minimum Gasteiger partial charge on any atom is -0.384 e. The summed E-state index contributed by atoms with van der Waals surface area (Å²) in [5.74, 6) is 0.834. The lowest BCUT2D eigenvalue weighted by Crippen LogP contribution is -2.13. The molecule has 0 saturated heterocycles. The zero-order valence-corrected chi connectivity index (χ0v) is 7.77. The minimum atomic E-state index is 0.834. The van der Waals surface area contributed by atoms with Gasteiger partial charge in [0.05, 0.1) is 0 Å². The molecule has 0 saturated carbocycles. The molecule has 0 aromatic carbocycles. The Bertz CT molecular complexity index is 159. The third kappa shape index (κ3) is 5.80. The molecule has 0 aliphatic heterocycles. The van der Waals surface area contributed by atoms with Gasteiger partial charge in [0.15, 0.2) is 0 Å². The first-order valence-electron chi connectivity index (χ1n) is 3.65. The van der Waals surface area contributed by atoms with Crippen LogP contribution in [0.2, 0.25) is 0 Å². The number of allylic oxidation sites excluding steroid dienone is 4. The average Bonchev–Trinajstić information content (AvgIpc) is 2.05. The highest BCUT2D eigenvalue weighted by molar-refractivity contribution is 7.80. The normalized spacial score (nSPS) is 12.0. The standard InChI is InChI=1S/C9H15NS/c1-3-5-6-9(4-2)10-7-8-11/h3-6,10-11H,2,7-8H2,1H3/b5-3-,9-6+. The molecule has 0 aliphatic carbocycles. The van der Waals surface area contributed by atoms with Gasteiger partial charge >= 0.3 is 0 Å². The molecule has 0 radical (unpaired) electrons. The van der Waals surface area contributed by atoms with Crippen LogP contribution in [-0.4, -0.2) is 12.3 Å². The largest absolute Gasteiger partial charge is 0.384 e. The summed E-state index contributed by atoms with van der Waals surface area (Å²) in [6.45, 7) is 6.53. The van der Waals surface area contributed by atoms with Crippen molar-refractivity contribution in [1.29, 1.82) is 0 Å². The number of hydrogen-bond donors (Lipinski definition) is 2. The lowest BCUT2D eigenvalue weighted by atomic mass is 10.3. The van der Waals surface area contributed by atoms with Gasteiger partial charge in [0.25, 0.3) is 0 Å². The number of hydrogen-bond acceptors (Lipinski definition) is 2. The van der Waals surface area contributed by atoms with Crippen LogP contribution in [-0.2, 0) is 0 Å². The molecule has 0 aromatic rings. The van der Waals surface area contributed by atoms with Crippen molar-refractivity contribution in [2.75, 3.05) is 12.3 Å². The first kappa shape index (κ1) is 10.4. The Balaban J connectivity index is 3.83. The summed E-state index contributed by atoms with van der Waals surface area (Å²) in [7, 11) is 0. The predicted molar refractivity (Wildman–Crippen MR) is 54.9 cm³/mol. The van der Waals surface area contributed by atoms with Crippen molar-refractivity contribution in [1.82, 2.24) is 5.32 Å². The van der Waals surface area contributed by atoms with E-state index in [1.807, 2.05) is 25.2 Å². The molecule has 1 N–H and O–H groups in total. The Labute approximate surface area is 74.3 Å². The molecule has 0 amide bonds. The van der Waals surface area contributed by atoms with Crippen molar-refractivity contribution in [3.05, 3.63) is 36.6 Å². The van der Waals surface area contributed by atoms with Gasteiger partial charge < -0.3 is 5.32 Å². The van der Waals surface area contributed by atoms with Crippen LogP contribution in [0.3, 0.4) is 0 Å².